The fraction of sp³-hybridized carbons (Fsp3) is 0.765. The minimum Gasteiger partial charge on any atom is -0.374 e. The summed E-state index contributed by atoms with van der Waals surface area (Å²) < 4.78 is 8.18. The smallest absolute Gasteiger partial charge is 0.0880 e. The fourth-order valence-corrected chi connectivity index (χ4v) is 3.01. The van der Waals surface area contributed by atoms with Gasteiger partial charge in [-0.25, -0.2) is 0 Å². The number of morpholine rings is 1. The summed E-state index contributed by atoms with van der Waals surface area (Å²) in [6.07, 6.45) is 7.11. The minimum atomic E-state index is 0.322. The lowest BCUT2D eigenvalue weighted by atomic mass is 10.1. The van der Waals surface area contributed by atoms with E-state index in [9.17, 15) is 0 Å². The summed E-state index contributed by atoms with van der Waals surface area (Å²) in [6.45, 7) is 12.8. The van der Waals surface area contributed by atoms with E-state index in [1.54, 1.807) is 0 Å². The Morgan fingerprint density at radius 3 is 2.95 bits per heavy atom. The summed E-state index contributed by atoms with van der Waals surface area (Å²) in [5, 5.41) is 3.62. The molecule has 1 N–H and O–H groups in total. The van der Waals surface area contributed by atoms with Crippen LogP contribution in [0, 0.1) is 0 Å². The van der Waals surface area contributed by atoms with Gasteiger partial charge in [-0.05, 0) is 37.6 Å². The lowest BCUT2D eigenvalue weighted by Crippen LogP contribution is -2.43. The summed E-state index contributed by atoms with van der Waals surface area (Å²) in [5.41, 5.74) is 1.40. The van der Waals surface area contributed by atoms with E-state index in [1.165, 1.54) is 12.0 Å². The van der Waals surface area contributed by atoms with Crippen molar-refractivity contribution in [2.75, 3.05) is 32.8 Å². The Bertz CT molecular complexity index is 404. The first-order valence-corrected chi connectivity index (χ1v) is 8.49. The van der Waals surface area contributed by atoms with E-state index < -0.39 is 0 Å². The Hall–Kier alpha value is -0.840. The maximum absolute atomic E-state index is 5.90. The van der Waals surface area contributed by atoms with Gasteiger partial charge >= 0.3 is 0 Å². The van der Waals surface area contributed by atoms with Gasteiger partial charge in [0.1, 0.15) is 0 Å². The predicted octanol–water partition coefficient (Wildman–Crippen LogP) is 2.66. The molecule has 0 bridgehead atoms. The van der Waals surface area contributed by atoms with Crippen molar-refractivity contribution in [1.29, 1.82) is 0 Å². The van der Waals surface area contributed by atoms with Crippen molar-refractivity contribution in [3.63, 3.8) is 0 Å². The van der Waals surface area contributed by atoms with E-state index in [4.69, 9.17) is 4.74 Å². The highest BCUT2D eigenvalue weighted by Gasteiger charge is 2.20. The molecular formula is C17H31N3O. The number of hydrogen-bond acceptors (Lipinski definition) is 3. The quantitative estimate of drug-likeness (QED) is 0.799. The molecule has 1 aromatic rings. The van der Waals surface area contributed by atoms with Crippen molar-refractivity contribution in [2.24, 2.45) is 0 Å². The molecule has 4 nitrogen and oxygen atoms in total. The first-order chi connectivity index (χ1) is 10.3. The fourth-order valence-electron chi connectivity index (χ4n) is 3.01. The van der Waals surface area contributed by atoms with Crippen molar-refractivity contribution in [3.05, 3.63) is 24.0 Å². The van der Waals surface area contributed by atoms with Crippen molar-refractivity contribution in [1.82, 2.24) is 14.8 Å². The van der Waals surface area contributed by atoms with Crippen molar-refractivity contribution >= 4 is 0 Å². The second-order valence-corrected chi connectivity index (χ2v) is 5.94. The molecule has 0 spiro atoms. The molecule has 1 aliphatic heterocycles. The third-order valence-electron chi connectivity index (χ3n) is 4.31. The summed E-state index contributed by atoms with van der Waals surface area (Å²) in [7, 11) is 0. The third-order valence-corrected chi connectivity index (χ3v) is 4.31. The first kappa shape index (κ1) is 16.5. The Balaban J connectivity index is 1.89. The standard InChI is InChI=1S/C17H31N3O/c1-4-8-18-17(5-2)15-7-9-20(12-15)14-16-13-19(6-3)10-11-21-16/h7,9,12,16-18H,4-6,8,10-11,13-14H2,1-3H3. The van der Waals surface area contributed by atoms with Crippen LogP contribution in [0.2, 0.25) is 0 Å². The van der Waals surface area contributed by atoms with Crippen molar-refractivity contribution in [3.8, 4) is 0 Å². The van der Waals surface area contributed by atoms with Crippen LogP contribution in [0.1, 0.15) is 45.2 Å². The zero-order valence-electron chi connectivity index (χ0n) is 13.8. The Kier molecular flexibility index (Phi) is 6.74. The molecule has 1 aliphatic rings. The molecule has 1 saturated heterocycles. The highest BCUT2D eigenvalue weighted by Crippen LogP contribution is 2.18. The first-order valence-electron chi connectivity index (χ1n) is 8.49. The highest BCUT2D eigenvalue weighted by atomic mass is 16.5. The second kappa shape index (κ2) is 8.57. The molecule has 0 saturated carbocycles. The van der Waals surface area contributed by atoms with Gasteiger partial charge in [0.2, 0.25) is 0 Å². The zero-order valence-corrected chi connectivity index (χ0v) is 13.8. The third kappa shape index (κ3) is 4.83. The van der Waals surface area contributed by atoms with E-state index in [1.807, 2.05) is 0 Å². The number of aromatic nitrogens is 1. The largest absolute Gasteiger partial charge is 0.374 e. The maximum atomic E-state index is 5.90. The molecule has 0 aromatic carbocycles. The summed E-state index contributed by atoms with van der Waals surface area (Å²) in [6, 6.07) is 2.72. The molecule has 1 aromatic heterocycles. The average molecular weight is 293 g/mol. The molecule has 0 aliphatic carbocycles. The van der Waals surface area contributed by atoms with E-state index in [0.29, 0.717) is 12.1 Å². The van der Waals surface area contributed by atoms with E-state index in [2.05, 4.69) is 54.0 Å². The van der Waals surface area contributed by atoms with Gasteiger partial charge in [0.05, 0.1) is 12.7 Å². The molecule has 1 fully saturated rings. The summed E-state index contributed by atoms with van der Waals surface area (Å²) >= 11 is 0. The number of likely N-dealkylation sites (N-methyl/N-ethyl adjacent to an activating group) is 1. The highest BCUT2D eigenvalue weighted by molar-refractivity contribution is 5.15. The maximum Gasteiger partial charge on any atom is 0.0880 e. The molecule has 2 heterocycles. The molecule has 0 amide bonds. The molecule has 2 atom stereocenters. The van der Waals surface area contributed by atoms with Crippen LogP contribution in [0.5, 0.6) is 0 Å². The van der Waals surface area contributed by atoms with Gasteiger partial charge in [-0.15, -0.1) is 0 Å². The monoisotopic (exact) mass is 293 g/mol. The number of nitrogens with one attached hydrogen (secondary N) is 1. The van der Waals surface area contributed by atoms with Gasteiger partial charge in [0.25, 0.3) is 0 Å². The van der Waals surface area contributed by atoms with E-state index in [0.717, 1.165) is 45.8 Å². The number of hydrogen-bond donors (Lipinski definition) is 1. The Labute approximate surface area is 129 Å². The van der Waals surface area contributed by atoms with Crippen molar-refractivity contribution < 1.29 is 4.74 Å². The predicted molar refractivity (Wildman–Crippen MR) is 87.6 cm³/mol. The topological polar surface area (TPSA) is 29.4 Å². The molecule has 2 rings (SSSR count). The lowest BCUT2D eigenvalue weighted by Gasteiger charge is -2.32. The molecular weight excluding hydrogens is 262 g/mol. The van der Waals surface area contributed by atoms with Crippen LogP contribution in [0.4, 0.5) is 0 Å². The van der Waals surface area contributed by atoms with Crippen LogP contribution >= 0.6 is 0 Å². The number of ether oxygens (including phenoxy) is 1. The van der Waals surface area contributed by atoms with Crippen LogP contribution < -0.4 is 5.32 Å². The molecule has 4 heteroatoms. The zero-order chi connectivity index (χ0) is 15.1. The van der Waals surface area contributed by atoms with Gasteiger partial charge in [0, 0.05) is 38.1 Å². The van der Waals surface area contributed by atoms with Gasteiger partial charge in [-0.2, -0.15) is 0 Å². The normalized spacial score (nSPS) is 21.6. The Morgan fingerprint density at radius 2 is 2.24 bits per heavy atom. The van der Waals surface area contributed by atoms with Gasteiger partial charge < -0.3 is 14.6 Å². The van der Waals surface area contributed by atoms with Crippen molar-refractivity contribution in [2.45, 2.75) is 52.3 Å². The second-order valence-electron chi connectivity index (χ2n) is 5.94. The molecule has 21 heavy (non-hydrogen) atoms. The van der Waals surface area contributed by atoms with Crippen LogP contribution in [0.3, 0.4) is 0 Å². The number of nitrogens with zero attached hydrogens (tertiary/aromatic N) is 2. The van der Waals surface area contributed by atoms with E-state index >= 15 is 0 Å². The SMILES string of the molecule is CCCNC(CC)c1ccn(CC2CN(CC)CCO2)c1. The van der Waals surface area contributed by atoms with Crippen LogP contribution in [-0.4, -0.2) is 48.4 Å². The van der Waals surface area contributed by atoms with Crippen LogP contribution in [-0.2, 0) is 11.3 Å². The van der Waals surface area contributed by atoms with Crippen LogP contribution in [0.25, 0.3) is 0 Å². The van der Waals surface area contributed by atoms with Gasteiger partial charge in [-0.1, -0.05) is 20.8 Å². The summed E-state index contributed by atoms with van der Waals surface area (Å²) in [5.74, 6) is 0. The number of rotatable bonds is 8. The average Bonchev–Trinajstić information content (AvgIpc) is 2.96. The Morgan fingerprint density at radius 1 is 1.38 bits per heavy atom. The van der Waals surface area contributed by atoms with Gasteiger partial charge in [-0.3, -0.25) is 4.90 Å². The lowest BCUT2D eigenvalue weighted by molar-refractivity contribution is -0.0342. The molecule has 120 valence electrons. The minimum absolute atomic E-state index is 0.322. The molecule has 2 unspecified atom stereocenters. The van der Waals surface area contributed by atoms with Gasteiger partial charge in [0.15, 0.2) is 0 Å². The molecule has 0 radical (unpaired) electrons. The van der Waals surface area contributed by atoms with Crippen LogP contribution in [0.15, 0.2) is 18.5 Å². The summed E-state index contributed by atoms with van der Waals surface area (Å²) in [4.78, 5) is 2.47. The van der Waals surface area contributed by atoms with E-state index in [-0.39, 0.29) is 0 Å².